The van der Waals surface area contributed by atoms with Gasteiger partial charge in [-0.25, -0.2) is 9.78 Å². The molecule has 1 rings (SSSR count). The Morgan fingerprint density at radius 1 is 1.56 bits per heavy atom. The van der Waals surface area contributed by atoms with Gasteiger partial charge in [0.1, 0.15) is 5.82 Å². The topological polar surface area (TPSA) is 51.2 Å². The number of nitrogens with one attached hydrogen (secondary N) is 1. The molecular formula is C8H6BrF3N2O2. The third kappa shape index (κ3) is 3.09. The van der Waals surface area contributed by atoms with Crippen LogP contribution in [0.5, 0.6) is 0 Å². The Hall–Kier alpha value is -1.31. The van der Waals surface area contributed by atoms with Crippen LogP contribution in [0, 0.1) is 0 Å². The van der Waals surface area contributed by atoms with Gasteiger partial charge in [0, 0.05) is 10.7 Å². The lowest BCUT2D eigenvalue weighted by Gasteiger charge is -2.10. The number of alkyl halides is 3. The van der Waals surface area contributed by atoms with Crippen molar-refractivity contribution in [3.63, 3.8) is 0 Å². The van der Waals surface area contributed by atoms with Gasteiger partial charge >= 0.3 is 12.3 Å². The van der Waals surface area contributed by atoms with Gasteiger partial charge in [-0.2, -0.15) is 13.2 Å². The minimum absolute atomic E-state index is 0.199. The molecule has 0 aromatic carbocycles. The van der Waals surface area contributed by atoms with E-state index in [0.29, 0.717) is 6.07 Å². The van der Waals surface area contributed by atoms with Gasteiger partial charge in [0.25, 0.3) is 0 Å². The summed E-state index contributed by atoms with van der Waals surface area (Å²) in [6.45, 7) is 0. The van der Waals surface area contributed by atoms with Crippen molar-refractivity contribution in [2.75, 3.05) is 12.4 Å². The van der Waals surface area contributed by atoms with Crippen molar-refractivity contribution in [3.05, 3.63) is 22.3 Å². The number of pyridine rings is 1. The molecule has 1 aromatic heterocycles. The number of ether oxygens (including phenoxy) is 1. The Balaban J connectivity index is 3.03. The molecule has 0 aliphatic carbocycles. The summed E-state index contributed by atoms with van der Waals surface area (Å²) in [4.78, 5) is 14.3. The quantitative estimate of drug-likeness (QED) is 0.867. The molecule has 16 heavy (non-hydrogen) atoms. The summed E-state index contributed by atoms with van der Waals surface area (Å²) in [5, 5.41) is 2.04. The Labute approximate surface area is 96.9 Å². The summed E-state index contributed by atoms with van der Waals surface area (Å²) in [5.41, 5.74) is -0.922. The standard InChI is InChI=1S/C8H6BrF3N2O2/c1-16-7(15)14-6-2-4(8(10,11)12)5(9)3-13-6/h2-3H,1H3,(H,13,14,15). The summed E-state index contributed by atoms with van der Waals surface area (Å²) >= 11 is 2.72. The number of nitrogens with zero attached hydrogens (tertiary/aromatic N) is 1. The summed E-state index contributed by atoms with van der Waals surface area (Å²) in [7, 11) is 1.10. The third-order valence-corrected chi connectivity index (χ3v) is 2.21. The number of carbonyl (C=O) groups is 1. The minimum Gasteiger partial charge on any atom is -0.453 e. The van der Waals surface area contributed by atoms with E-state index in [1.54, 1.807) is 0 Å². The van der Waals surface area contributed by atoms with Gasteiger partial charge in [0.15, 0.2) is 0 Å². The monoisotopic (exact) mass is 298 g/mol. The third-order valence-electron chi connectivity index (χ3n) is 1.58. The Kier molecular flexibility index (Phi) is 3.74. The molecular weight excluding hydrogens is 293 g/mol. The molecule has 1 heterocycles. The molecule has 0 saturated carbocycles. The molecule has 0 unspecified atom stereocenters. The molecule has 0 spiro atoms. The number of rotatable bonds is 1. The fourth-order valence-corrected chi connectivity index (χ4v) is 1.32. The number of amides is 1. The largest absolute Gasteiger partial charge is 0.453 e. The van der Waals surface area contributed by atoms with Gasteiger partial charge in [0.2, 0.25) is 0 Å². The molecule has 0 fully saturated rings. The summed E-state index contributed by atoms with van der Waals surface area (Å²) in [6, 6.07) is 0.709. The number of methoxy groups -OCH3 is 1. The van der Waals surface area contributed by atoms with Crippen molar-refractivity contribution in [1.82, 2.24) is 4.98 Å². The molecule has 0 radical (unpaired) electrons. The van der Waals surface area contributed by atoms with Crippen molar-refractivity contribution in [3.8, 4) is 0 Å². The number of halogens is 4. The molecule has 4 nitrogen and oxygen atoms in total. The van der Waals surface area contributed by atoms with E-state index in [1.165, 1.54) is 0 Å². The first-order valence-corrected chi connectivity index (χ1v) is 4.71. The zero-order chi connectivity index (χ0) is 12.3. The van der Waals surface area contributed by atoms with Crippen LogP contribution in [-0.4, -0.2) is 18.2 Å². The minimum atomic E-state index is -4.52. The van der Waals surface area contributed by atoms with E-state index < -0.39 is 17.8 Å². The molecule has 0 aliphatic heterocycles. The van der Waals surface area contributed by atoms with Gasteiger partial charge in [0.05, 0.1) is 12.7 Å². The van der Waals surface area contributed by atoms with E-state index >= 15 is 0 Å². The van der Waals surface area contributed by atoms with Crippen LogP contribution in [0.3, 0.4) is 0 Å². The molecule has 0 bridgehead atoms. The van der Waals surface area contributed by atoms with Crippen molar-refractivity contribution in [2.24, 2.45) is 0 Å². The molecule has 0 saturated heterocycles. The van der Waals surface area contributed by atoms with Crippen molar-refractivity contribution >= 4 is 27.8 Å². The van der Waals surface area contributed by atoms with Gasteiger partial charge in [-0.3, -0.25) is 5.32 Å². The van der Waals surface area contributed by atoms with E-state index in [4.69, 9.17) is 0 Å². The zero-order valence-corrected chi connectivity index (χ0v) is 9.52. The molecule has 0 atom stereocenters. The van der Waals surface area contributed by atoms with Gasteiger partial charge < -0.3 is 4.74 Å². The highest BCUT2D eigenvalue weighted by atomic mass is 79.9. The predicted molar refractivity (Wildman–Crippen MR) is 53.0 cm³/mol. The van der Waals surface area contributed by atoms with Gasteiger partial charge in [-0.05, 0) is 22.0 Å². The van der Waals surface area contributed by atoms with Gasteiger partial charge in [-0.1, -0.05) is 0 Å². The van der Waals surface area contributed by atoms with Crippen LogP contribution in [-0.2, 0) is 10.9 Å². The highest BCUT2D eigenvalue weighted by Crippen LogP contribution is 2.35. The molecule has 0 aliphatic rings. The summed E-state index contributed by atoms with van der Waals surface area (Å²) in [5.74, 6) is -0.234. The maximum Gasteiger partial charge on any atom is 0.417 e. The second kappa shape index (κ2) is 4.69. The van der Waals surface area contributed by atoms with E-state index in [-0.39, 0.29) is 10.3 Å². The molecule has 1 aromatic rings. The Morgan fingerprint density at radius 2 is 2.19 bits per heavy atom. The lowest BCUT2D eigenvalue weighted by atomic mass is 10.2. The Morgan fingerprint density at radius 3 is 2.69 bits per heavy atom. The summed E-state index contributed by atoms with van der Waals surface area (Å²) < 4.78 is 41.4. The number of aromatic nitrogens is 1. The fraction of sp³-hybridized carbons (Fsp3) is 0.250. The van der Waals surface area contributed by atoms with Crippen LogP contribution in [0.4, 0.5) is 23.8 Å². The lowest BCUT2D eigenvalue weighted by molar-refractivity contribution is -0.138. The second-order valence-corrected chi connectivity index (χ2v) is 3.52. The first-order chi connectivity index (χ1) is 7.34. The summed E-state index contributed by atoms with van der Waals surface area (Å²) in [6.07, 6.45) is -4.45. The van der Waals surface area contributed by atoms with Crippen LogP contribution in [0.2, 0.25) is 0 Å². The number of hydrogen-bond donors (Lipinski definition) is 1. The number of hydrogen-bond acceptors (Lipinski definition) is 3. The maximum absolute atomic E-state index is 12.4. The molecule has 88 valence electrons. The first-order valence-electron chi connectivity index (χ1n) is 3.92. The van der Waals surface area contributed by atoms with Crippen LogP contribution < -0.4 is 5.32 Å². The average Bonchev–Trinajstić information content (AvgIpc) is 2.19. The van der Waals surface area contributed by atoms with Crippen LogP contribution >= 0.6 is 15.9 Å². The Bertz CT molecular complexity index is 409. The van der Waals surface area contributed by atoms with E-state index in [1.807, 2.05) is 5.32 Å². The number of anilines is 1. The molecule has 8 heteroatoms. The van der Waals surface area contributed by atoms with E-state index in [0.717, 1.165) is 13.3 Å². The molecule has 1 amide bonds. The lowest BCUT2D eigenvalue weighted by Crippen LogP contribution is -2.14. The normalized spacial score (nSPS) is 11.1. The highest BCUT2D eigenvalue weighted by Gasteiger charge is 2.33. The van der Waals surface area contributed by atoms with E-state index in [9.17, 15) is 18.0 Å². The fourth-order valence-electron chi connectivity index (χ4n) is 0.880. The zero-order valence-electron chi connectivity index (χ0n) is 7.93. The van der Waals surface area contributed by atoms with Gasteiger partial charge in [-0.15, -0.1) is 0 Å². The van der Waals surface area contributed by atoms with Crippen LogP contribution in [0.1, 0.15) is 5.56 Å². The second-order valence-electron chi connectivity index (χ2n) is 2.66. The maximum atomic E-state index is 12.4. The first kappa shape index (κ1) is 12.8. The average molecular weight is 299 g/mol. The van der Waals surface area contributed by atoms with Crippen LogP contribution in [0.15, 0.2) is 16.7 Å². The highest BCUT2D eigenvalue weighted by molar-refractivity contribution is 9.10. The molecule has 1 N–H and O–H groups in total. The van der Waals surface area contributed by atoms with Crippen molar-refractivity contribution < 1.29 is 22.7 Å². The smallest absolute Gasteiger partial charge is 0.417 e. The predicted octanol–water partition coefficient (Wildman–Crippen LogP) is 3.04. The van der Waals surface area contributed by atoms with Crippen molar-refractivity contribution in [2.45, 2.75) is 6.18 Å². The SMILES string of the molecule is COC(=O)Nc1cc(C(F)(F)F)c(Br)cn1. The van der Waals surface area contributed by atoms with Crippen LogP contribution in [0.25, 0.3) is 0 Å². The van der Waals surface area contributed by atoms with E-state index in [2.05, 4.69) is 25.7 Å². The number of carbonyl (C=O) groups excluding carboxylic acids is 1. The van der Waals surface area contributed by atoms with Crippen molar-refractivity contribution in [1.29, 1.82) is 0 Å².